The maximum Gasteiger partial charge on any atom is 0.276 e. The molecule has 9 rings (SSSR count). The Kier molecular flexibility index (Phi) is 9.85. The van der Waals surface area contributed by atoms with Gasteiger partial charge in [0.15, 0.2) is 5.82 Å². The third kappa shape index (κ3) is 6.74. The number of fused-ring (bicyclic) bond motifs is 4. The summed E-state index contributed by atoms with van der Waals surface area (Å²) in [6.07, 6.45) is 7.32. The highest BCUT2D eigenvalue weighted by molar-refractivity contribution is 6.06. The number of aliphatic hydroxyl groups is 1. The van der Waals surface area contributed by atoms with Crippen LogP contribution in [-0.2, 0) is 41.9 Å². The van der Waals surface area contributed by atoms with Gasteiger partial charge in [0, 0.05) is 94.1 Å². The molecule has 3 amide bonds. The lowest BCUT2D eigenvalue weighted by molar-refractivity contribution is -0.111. The molecular weight excluding hydrogens is 737 g/mol. The number of piperazine rings is 1. The van der Waals surface area contributed by atoms with Gasteiger partial charge in [0.25, 0.3) is 11.8 Å². The molecule has 4 N–H and O–H groups in total. The van der Waals surface area contributed by atoms with E-state index in [9.17, 15) is 19.5 Å². The summed E-state index contributed by atoms with van der Waals surface area (Å²) >= 11 is 0. The van der Waals surface area contributed by atoms with Gasteiger partial charge < -0.3 is 35.3 Å². The van der Waals surface area contributed by atoms with Crippen molar-refractivity contribution in [2.45, 2.75) is 78.1 Å². The molecule has 304 valence electrons. The van der Waals surface area contributed by atoms with Crippen molar-refractivity contribution in [2.75, 3.05) is 66.4 Å². The van der Waals surface area contributed by atoms with Gasteiger partial charge in [-0.15, -0.1) is 5.10 Å². The number of aromatic nitrogens is 4. The average molecular weight is 789 g/mol. The van der Waals surface area contributed by atoms with Gasteiger partial charge in [0.05, 0.1) is 29.4 Å². The van der Waals surface area contributed by atoms with E-state index in [2.05, 4.69) is 62.7 Å². The van der Waals surface area contributed by atoms with Crippen LogP contribution in [-0.4, -0.2) is 105 Å². The summed E-state index contributed by atoms with van der Waals surface area (Å²) in [5.74, 6) is -0.0539. The first-order valence-corrected chi connectivity index (χ1v) is 20.5. The maximum absolute atomic E-state index is 14.1. The van der Waals surface area contributed by atoms with Crippen LogP contribution in [0.2, 0.25) is 0 Å². The zero-order valence-corrected chi connectivity index (χ0v) is 33.5. The number of hydrogen-bond donors (Lipinski definition) is 4. The first-order valence-electron chi connectivity index (χ1n) is 20.5. The summed E-state index contributed by atoms with van der Waals surface area (Å²) in [5.41, 5.74) is 7.45. The van der Waals surface area contributed by atoms with Crippen molar-refractivity contribution < 1.29 is 24.2 Å². The van der Waals surface area contributed by atoms with Crippen molar-refractivity contribution in [2.24, 2.45) is 5.41 Å². The molecule has 1 aromatic carbocycles. The second-order valence-electron chi connectivity index (χ2n) is 16.9. The number of pyridine rings is 1. The van der Waals surface area contributed by atoms with E-state index in [4.69, 9.17) is 9.84 Å². The minimum Gasteiger partial charge on any atom is -0.391 e. The van der Waals surface area contributed by atoms with Crippen LogP contribution in [0.1, 0.15) is 77.0 Å². The third-order valence-electron chi connectivity index (χ3n) is 12.5. The standard InChI is InChI=1S/C43H52N10O5/c1-5-37(55)47-31-21-28(6-7-33(31)50-15-14-49(24-26(50)2)29-10-18-58-19-11-29)46-39-38-34(9-13-45-41(38)56)53(48-39)32-8-12-44-40(30(32)25-54)52-17-16-51-35(42(52)57)20-27-22-43(3,4)23-36(27)51/h5-8,12,20-21,26,29,54H,1,9-11,13-19,22-25H2,2-4H3,(H,45,56)(H,46,48)(H,47,55)/t26-/m0/s1. The topological polar surface area (TPSA) is 162 Å². The van der Waals surface area contributed by atoms with Crippen LogP contribution in [0.4, 0.5) is 28.7 Å². The van der Waals surface area contributed by atoms with Crippen LogP contribution in [0, 0.1) is 5.41 Å². The van der Waals surface area contributed by atoms with E-state index in [1.807, 2.05) is 24.3 Å². The Hall–Kier alpha value is -5.51. The van der Waals surface area contributed by atoms with E-state index in [1.165, 1.54) is 17.3 Å². The minimum atomic E-state index is -0.396. The van der Waals surface area contributed by atoms with Crippen molar-refractivity contribution in [1.82, 2.24) is 29.5 Å². The SMILES string of the molecule is C=CC(=O)Nc1cc(Nc2nn(-c3ccnc(N4CCn5c(cc6c5CC(C)(C)C6)C4=O)c3CO)c3c2C(=O)NCC3)ccc1N1CCN(C2CCOCC2)C[C@@H]1C. The molecule has 0 radical (unpaired) electrons. The number of carbonyl (C=O) groups excluding carboxylic acids is 3. The van der Waals surface area contributed by atoms with Crippen LogP contribution in [0.5, 0.6) is 0 Å². The van der Waals surface area contributed by atoms with Crippen LogP contribution in [0.15, 0.2) is 49.2 Å². The first kappa shape index (κ1) is 38.0. The Bertz CT molecular complexity index is 2310. The fraction of sp³-hybridized carbons (Fsp3) is 0.465. The van der Waals surface area contributed by atoms with E-state index < -0.39 is 6.61 Å². The predicted molar refractivity (Wildman–Crippen MR) is 221 cm³/mol. The van der Waals surface area contributed by atoms with E-state index in [-0.39, 0.29) is 29.2 Å². The van der Waals surface area contributed by atoms with Crippen LogP contribution < -0.4 is 25.8 Å². The summed E-state index contributed by atoms with van der Waals surface area (Å²) in [6, 6.07) is 10.3. The largest absolute Gasteiger partial charge is 0.391 e. The van der Waals surface area contributed by atoms with E-state index in [0.29, 0.717) is 83.3 Å². The smallest absolute Gasteiger partial charge is 0.276 e. The average Bonchev–Trinajstić information content (AvgIpc) is 3.86. The zero-order chi connectivity index (χ0) is 40.3. The maximum atomic E-state index is 14.1. The molecule has 1 aliphatic carbocycles. The number of nitrogens with one attached hydrogen (secondary N) is 3. The molecule has 7 heterocycles. The Morgan fingerprint density at radius 2 is 1.90 bits per heavy atom. The lowest BCUT2D eigenvalue weighted by Crippen LogP contribution is -2.56. The van der Waals surface area contributed by atoms with Crippen molar-refractivity contribution in [3.63, 3.8) is 0 Å². The number of nitrogens with zero attached hydrogens (tertiary/aromatic N) is 7. The number of carbonyl (C=O) groups is 3. The second-order valence-corrected chi connectivity index (χ2v) is 16.9. The molecule has 15 heteroatoms. The molecule has 5 aliphatic rings. The summed E-state index contributed by atoms with van der Waals surface area (Å²) < 4.78 is 9.45. The first-order chi connectivity index (χ1) is 28.0. The third-order valence-corrected chi connectivity index (χ3v) is 12.5. The fourth-order valence-electron chi connectivity index (χ4n) is 9.77. The molecule has 0 spiro atoms. The van der Waals surface area contributed by atoms with Crippen LogP contribution in [0.25, 0.3) is 5.69 Å². The molecular formula is C43H52N10O5. The Labute approximate surface area is 338 Å². The molecule has 0 unspecified atom stereocenters. The molecule has 58 heavy (non-hydrogen) atoms. The van der Waals surface area contributed by atoms with Gasteiger partial charge in [0.2, 0.25) is 5.91 Å². The number of rotatable bonds is 9. The molecule has 2 saturated heterocycles. The molecule has 4 aliphatic heterocycles. The Balaban J connectivity index is 1.02. The van der Waals surface area contributed by atoms with Gasteiger partial charge in [-0.2, -0.15) is 0 Å². The molecule has 1 atom stereocenters. The highest BCUT2D eigenvalue weighted by Gasteiger charge is 2.38. The van der Waals surface area contributed by atoms with Gasteiger partial charge in [0.1, 0.15) is 17.1 Å². The number of aliphatic hydroxyl groups excluding tert-OH is 1. The van der Waals surface area contributed by atoms with Crippen molar-refractivity contribution in [3.05, 3.63) is 83.0 Å². The van der Waals surface area contributed by atoms with Crippen LogP contribution >= 0.6 is 0 Å². The van der Waals surface area contributed by atoms with E-state index in [1.54, 1.807) is 21.8 Å². The quantitative estimate of drug-likeness (QED) is 0.181. The van der Waals surface area contributed by atoms with Gasteiger partial charge in [-0.3, -0.25) is 24.2 Å². The minimum absolute atomic E-state index is 0.152. The molecule has 2 fully saturated rings. The van der Waals surface area contributed by atoms with Gasteiger partial charge in [-0.05, 0) is 80.0 Å². The lowest BCUT2D eigenvalue weighted by Gasteiger charge is -2.45. The molecule has 0 bridgehead atoms. The molecule has 0 saturated carbocycles. The normalized spacial score (nSPS) is 20.7. The number of amides is 3. The Morgan fingerprint density at radius 1 is 1.07 bits per heavy atom. The van der Waals surface area contributed by atoms with E-state index in [0.717, 1.165) is 64.2 Å². The van der Waals surface area contributed by atoms with Crippen molar-refractivity contribution >= 4 is 46.4 Å². The Morgan fingerprint density at radius 3 is 2.67 bits per heavy atom. The second kappa shape index (κ2) is 15.0. The summed E-state index contributed by atoms with van der Waals surface area (Å²) in [4.78, 5) is 51.6. The monoisotopic (exact) mass is 788 g/mol. The predicted octanol–water partition coefficient (Wildman–Crippen LogP) is 4.19. The molecule has 3 aromatic heterocycles. The van der Waals surface area contributed by atoms with Gasteiger partial charge >= 0.3 is 0 Å². The summed E-state index contributed by atoms with van der Waals surface area (Å²) in [5, 5.41) is 25.2. The highest BCUT2D eigenvalue weighted by Crippen LogP contribution is 2.41. The summed E-state index contributed by atoms with van der Waals surface area (Å²) in [6.45, 7) is 15.7. The fourth-order valence-corrected chi connectivity index (χ4v) is 9.77. The van der Waals surface area contributed by atoms with Crippen LogP contribution in [0.3, 0.4) is 0 Å². The molecule has 15 nitrogen and oxygen atoms in total. The van der Waals surface area contributed by atoms with E-state index >= 15 is 0 Å². The lowest BCUT2D eigenvalue weighted by atomic mass is 9.90. The highest BCUT2D eigenvalue weighted by atomic mass is 16.5. The van der Waals surface area contributed by atoms with Gasteiger partial charge in [-0.25, -0.2) is 9.67 Å². The number of hydrogen-bond acceptors (Lipinski definition) is 10. The van der Waals surface area contributed by atoms with Crippen molar-refractivity contribution in [1.29, 1.82) is 0 Å². The number of ether oxygens (including phenoxy) is 1. The zero-order valence-electron chi connectivity index (χ0n) is 33.5. The van der Waals surface area contributed by atoms with Gasteiger partial charge in [-0.1, -0.05) is 20.4 Å². The van der Waals surface area contributed by atoms with Crippen molar-refractivity contribution in [3.8, 4) is 5.69 Å². The number of anilines is 5. The summed E-state index contributed by atoms with van der Waals surface area (Å²) in [7, 11) is 0. The molecule has 4 aromatic rings. The number of benzene rings is 1.